The number of likely N-dealkylation sites (tertiary alicyclic amines) is 1. The molecule has 3 rings (SSSR count). The van der Waals surface area contributed by atoms with Crippen LogP contribution in [0.3, 0.4) is 0 Å². The third-order valence-electron chi connectivity index (χ3n) is 5.97. The SMILES string of the molecule is CC(C)C(NC(=O)CN1C(C(=O)O)CC2CCCCC21)c1ccccc1. The van der Waals surface area contributed by atoms with Gasteiger partial charge in [-0.1, -0.05) is 57.0 Å². The first-order chi connectivity index (χ1) is 12.5. The third-order valence-corrected chi connectivity index (χ3v) is 5.97. The van der Waals surface area contributed by atoms with Crippen LogP contribution < -0.4 is 5.32 Å². The van der Waals surface area contributed by atoms with Crippen LogP contribution in [0.15, 0.2) is 30.3 Å². The molecule has 1 heterocycles. The van der Waals surface area contributed by atoms with Crippen molar-refractivity contribution < 1.29 is 14.7 Å². The molecule has 1 aromatic carbocycles. The highest BCUT2D eigenvalue weighted by Gasteiger charge is 2.45. The van der Waals surface area contributed by atoms with Crippen LogP contribution in [0.2, 0.25) is 0 Å². The quantitative estimate of drug-likeness (QED) is 0.819. The Morgan fingerprint density at radius 2 is 1.88 bits per heavy atom. The number of hydrogen-bond donors (Lipinski definition) is 2. The van der Waals surface area contributed by atoms with Crippen LogP contribution in [0.25, 0.3) is 0 Å². The second-order valence-corrected chi connectivity index (χ2v) is 8.07. The Morgan fingerprint density at radius 3 is 2.54 bits per heavy atom. The molecule has 2 N–H and O–H groups in total. The van der Waals surface area contributed by atoms with Crippen LogP contribution >= 0.6 is 0 Å². The fraction of sp³-hybridized carbons (Fsp3) is 0.619. The Hall–Kier alpha value is -1.88. The van der Waals surface area contributed by atoms with Gasteiger partial charge in [0.05, 0.1) is 12.6 Å². The summed E-state index contributed by atoms with van der Waals surface area (Å²) in [4.78, 5) is 26.4. The molecule has 142 valence electrons. The summed E-state index contributed by atoms with van der Waals surface area (Å²) in [6.07, 6.45) is 5.08. The normalized spacial score (nSPS) is 27.1. The number of nitrogens with one attached hydrogen (secondary N) is 1. The number of rotatable bonds is 6. The Bertz CT molecular complexity index is 631. The van der Waals surface area contributed by atoms with Crippen LogP contribution in [-0.4, -0.2) is 40.5 Å². The molecular weight excluding hydrogens is 328 g/mol. The van der Waals surface area contributed by atoms with Crippen molar-refractivity contribution in [3.8, 4) is 0 Å². The van der Waals surface area contributed by atoms with Gasteiger partial charge in [-0.15, -0.1) is 0 Å². The fourth-order valence-electron chi connectivity index (χ4n) is 4.70. The summed E-state index contributed by atoms with van der Waals surface area (Å²) >= 11 is 0. The molecular formula is C21H30N2O3. The first-order valence-corrected chi connectivity index (χ1v) is 9.80. The minimum Gasteiger partial charge on any atom is -0.480 e. The largest absolute Gasteiger partial charge is 0.480 e. The van der Waals surface area contributed by atoms with E-state index >= 15 is 0 Å². The molecule has 0 aromatic heterocycles. The van der Waals surface area contributed by atoms with E-state index in [1.807, 2.05) is 35.2 Å². The number of benzene rings is 1. The molecule has 4 unspecified atom stereocenters. The lowest BCUT2D eigenvalue weighted by Gasteiger charge is -2.33. The van der Waals surface area contributed by atoms with Crippen LogP contribution in [-0.2, 0) is 9.59 Å². The number of amides is 1. The summed E-state index contributed by atoms with van der Waals surface area (Å²) in [5.41, 5.74) is 1.09. The van der Waals surface area contributed by atoms with E-state index in [9.17, 15) is 14.7 Å². The van der Waals surface area contributed by atoms with Gasteiger partial charge in [0.25, 0.3) is 0 Å². The molecule has 5 heteroatoms. The van der Waals surface area contributed by atoms with E-state index in [0.717, 1.165) is 24.8 Å². The number of nitrogens with zero attached hydrogens (tertiary/aromatic N) is 1. The van der Waals surface area contributed by atoms with Gasteiger partial charge in [-0.3, -0.25) is 14.5 Å². The molecule has 1 aromatic rings. The maximum Gasteiger partial charge on any atom is 0.320 e. The predicted molar refractivity (Wildman–Crippen MR) is 101 cm³/mol. The highest BCUT2D eigenvalue weighted by molar-refractivity contribution is 5.80. The molecule has 0 spiro atoms. The second kappa shape index (κ2) is 8.21. The molecule has 0 radical (unpaired) electrons. The molecule has 5 nitrogen and oxygen atoms in total. The molecule has 1 aliphatic carbocycles. The van der Waals surface area contributed by atoms with Crippen LogP contribution in [0.1, 0.15) is 57.6 Å². The van der Waals surface area contributed by atoms with Crippen molar-refractivity contribution >= 4 is 11.9 Å². The van der Waals surface area contributed by atoms with Crippen molar-refractivity contribution in [2.45, 2.75) is 64.1 Å². The van der Waals surface area contributed by atoms with Crippen LogP contribution in [0, 0.1) is 11.8 Å². The number of carbonyl (C=O) groups is 2. The van der Waals surface area contributed by atoms with E-state index in [2.05, 4.69) is 19.2 Å². The van der Waals surface area contributed by atoms with Crippen LogP contribution in [0.5, 0.6) is 0 Å². The second-order valence-electron chi connectivity index (χ2n) is 8.07. The molecule has 1 saturated heterocycles. The number of carbonyl (C=O) groups excluding carboxylic acids is 1. The zero-order valence-corrected chi connectivity index (χ0v) is 15.7. The summed E-state index contributed by atoms with van der Waals surface area (Å²) in [6, 6.07) is 9.63. The van der Waals surface area contributed by atoms with Crippen molar-refractivity contribution in [3.63, 3.8) is 0 Å². The topological polar surface area (TPSA) is 69.6 Å². The number of fused-ring (bicyclic) bond motifs is 1. The first kappa shape index (κ1) is 18.9. The van der Waals surface area contributed by atoms with E-state index in [0.29, 0.717) is 12.3 Å². The van der Waals surface area contributed by atoms with E-state index < -0.39 is 12.0 Å². The fourth-order valence-corrected chi connectivity index (χ4v) is 4.70. The molecule has 0 bridgehead atoms. The van der Waals surface area contributed by atoms with Gasteiger partial charge in [0, 0.05) is 6.04 Å². The molecule has 4 atom stereocenters. The minimum atomic E-state index is -0.796. The lowest BCUT2D eigenvalue weighted by molar-refractivity contribution is -0.143. The maximum absolute atomic E-state index is 12.8. The lowest BCUT2D eigenvalue weighted by atomic mass is 9.85. The zero-order valence-electron chi connectivity index (χ0n) is 15.7. The smallest absolute Gasteiger partial charge is 0.320 e. The van der Waals surface area contributed by atoms with Gasteiger partial charge in [0.1, 0.15) is 6.04 Å². The summed E-state index contributed by atoms with van der Waals surface area (Å²) < 4.78 is 0. The number of hydrogen-bond acceptors (Lipinski definition) is 3. The molecule has 2 fully saturated rings. The highest BCUT2D eigenvalue weighted by atomic mass is 16.4. The molecule has 1 amide bonds. The molecule has 1 saturated carbocycles. The molecule has 2 aliphatic rings. The van der Waals surface area contributed by atoms with Crippen LogP contribution in [0.4, 0.5) is 0 Å². The van der Waals surface area contributed by atoms with Crippen molar-refractivity contribution in [3.05, 3.63) is 35.9 Å². The van der Waals surface area contributed by atoms with E-state index in [1.165, 1.54) is 6.42 Å². The average Bonchev–Trinajstić information content (AvgIpc) is 2.99. The van der Waals surface area contributed by atoms with Crippen molar-refractivity contribution in [1.29, 1.82) is 0 Å². The van der Waals surface area contributed by atoms with Gasteiger partial charge in [-0.05, 0) is 36.7 Å². The first-order valence-electron chi connectivity index (χ1n) is 9.80. The number of aliphatic carboxylic acids is 1. The van der Waals surface area contributed by atoms with Gasteiger partial charge in [0.15, 0.2) is 0 Å². The standard InChI is InChI=1S/C21H30N2O3/c1-14(2)20(15-8-4-3-5-9-15)22-19(24)13-23-17-11-7-6-10-16(17)12-18(23)21(25)26/h3-5,8-9,14,16-18,20H,6-7,10-13H2,1-2H3,(H,22,24)(H,25,26). The molecule has 26 heavy (non-hydrogen) atoms. The van der Waals surface area contributed by atoms with Crippen molar-refractivity contribution in [1.82, 2.24) is 10.2 Å². The van der Waals surface area contributed by atoms with Gasteiger partial charge < -0.3 is 10.4 Å². The lowest BCUT2D eigenvalue weighted by Crippen LogP contribution is -2.48. The van der Waals surface area contributed by atoms with E-state index in [1.54, 1.807) is 0 Å². The zero-order chi connectivity index (χ0) is 18.7. The summed E-state index contributed by atoms with van der Waals surface area (Å²) in [7, 11) is 0. The van der Waals surface area contributed by atoms with Crippen molar-refractivity contribution in [2.75, 3.05) is 6.54 Å². The Morgan fingerprint density at radius 1 is 1.19 bits per heavy atom. The van der Waals surface area contributed by atoms with E-state index in [4.69, 9.17) is 0 Å². The highest BCUT2D eigenvalue weighted by Crippen LogP contribution is 2.39. The summed E-state index contributed by atoms with van der Waals surface area (Å²) in [5, 5.41) is 12.8. The third kappa shape index (κ3) is 4.09. The minimum absolute atomic E-state index is 0.0586. The monoisotopic (exact) mass is 358 g/mol. The molecule has 1 aliphatic heterocycles. The summed E-state index contributed by atoms with van der Waals surface area (Å²) in [5.74, 6) is -0.189. The van der Waals surface area contributed by atoms with Gasteiger partial charge >= 0.3 is 5.97 Å². The van der Waals surface area contributed by atoms with Gasteiger partial charge in [-0.2, -0.15) is 0 Å². The van der Waals surface area contributed by atoms with Gasteiger partial charge in [-0.25, -0.2) is 0 Å². The number of carboxylic acids is 1. The predicted octanol–water partition coefficient (Wildman–Crippen LogP) is 3.22. The van der Waals surface area contributed by atoms with Crippen molar-refractivity contribution in [2.24, 2.45) is 11.8 Å². The maximum atomic E-state index is 12.8. The van der Waals surface area contributed by atoms with Gasteiger partial charge in [0.2, 0.25) is 5.91 Å². The Labute approximate surface area is 155 Å². The average molecular weight is 358 g/mol. The number of carboxylic acid groups (broad SMARTS) is 1. The Balaban J connectivity index is 1.70. The Kier molecular flexibility index (Phi) is 5.97. The summed E-state index contributed by atoms with van der Waals surface area (Å²) in [6.45, 7) is 4.35. The van der Waals surface area contributed by atoms with E-state index in [-0.39, 0.29) is 30.5 Å².